The molecule has 0 saturated heterocycles. The highest BCUT2D eigenvalue weighted by Crippen LogP contribution is 2.16. The molecule has 2 aromatic rings. The maximum Gasteiger partial charge on any atom is 0.257 e. The van der Waals surface area contributed by atoms with E-state index in [0.29, 0.717) is 11.4 Å². The summed E-state index contributed by atoms with van der Waals surface area (Å²) in [7, 11) is 0. The first-order valence-electron chi connectivity index (χ1n) is 5.72. The lowest BCUT2D eigenvalue weighted by Crippen LogP contribution is -2.26. The molecule has 0 aliphatic carbocycles. The summed E-state index contributed by atoms with van der Waals surface area (Å²) in [6.07, 6.45) is 5.33. The van der Waals surface area contributed by atoms with Crippen molar-refractivity contribution in [2.75, 3.05) is 0 Å². The second-order valence-corrected chi connectivity index (χ2v) is 4.11. The topological polar surface area (TPSA) is 34.9 Å². The minimum atomic E-state index is -0.0701. The van der Waals surface area contributed by atoms with Gasteiger partial charge in [-0.1, -0.05) is 36.3 Å². The van der Waals surface area contributed by atoms with Crippen molar-refractivity contribution in [1.29, 1.82) is 0 Å². The number of terminal acetylenes is 1. The number of benzene rings is 1. The van der Waals surface area contributed by atoms with Crippen molar-refractivity contribution in [3.8, 4) is 23.7 Å². The normalized spacial score (nSPS) is 10.1. The summed E-state index contributed by atoms with van der Waals surface area (Å²) in [4.78, 5) is 16.7. The van der Waals surface area contributed by atoms with Gasteiger partial charge in [0, 0.05) is 16.8 Å². The van der Waals surface area contributed by atoms with Crippen LogP contribution in [-0.2, 0) is 6.54 Å². The average Bonchev–Trinajstić information content (AvgIpc) is 2.40. The second-order valence-electron chi connectivity index (χ2n) is 4.11. The Hall–Kier alpha value is -2.34. The molecule has 1 aromatic heterocycles. The third kappa shape index (κ3) is 2.05. The molecule has 0 N–H and O–H groups in total. The zero-order chi connectivity index (χ0) is 13.1. The summed E-state index contributed by atoms with van der Waals surface area (Å²) < 4.78 is 1.54. The van der Waals surface area contributed by atoms with Crippen molar-refractivity contribution < 1.29 is 0 Å². The number of rotatable bonds is 2. The summed E-state index contributed by atoms with van der Waals surface area (Å²) >= 11 is 0. The molecule has 90 valence electrons. The largest absolute Gasteiger partial charge is 0.281 e. The highest BCUT2D eigenvalue weighted by atomic mass is 16.1. The molecule has 0 aliphatic rings. The zero-order valence-electron chi connectivity index (χ0n) is 10.5. The first kappa shape index (κ1) is 12.1. The lowest BCUT2D eigenvalue weighted by atomic mass is 10.2. The zero-order valence-corrected chi connectivity index (χ0v) is 10.5. The van der Waals surface area contributed by atoms with Crippen LogP contribution in [0.1, 0.15) is 11.3 Å². The molecule has 0 bridgehead atoms. The Morgan fingerprint density at radius 3 is 2.56 bits per heavy atom. The number of aryl methyl sites for hydroxylation is 1. The van der Waals surface area contributed by atoms with Crippen LogP contribution in [0.2, 0.25) is 0 Å². The highest BCUT2D eigenvalue weighted by molar-refractivity contribution is 5.55. The van der Waals surface area contributed by atoms with Crippen LogP contribution in [-0.4, -0.2) is 9.55 Å². The van der Waals surface area contributed by atoms with E-state index in [1.54, 1.807) is 6.92 Å². The maximum atomic E-state index is 12.2. The van der Waals surface area contributed by atoms with E-state index in [9.17, 15) is 4.79 Å². The molecule has 2 rings (SSSR count). The molecular formula is C15H14N2O. The van der Waals surface area contributed by atoms with Crippen LogP contribution in [0.3, 0.4) is 0 Å². The molecule has 0 aliphatic heterocycles. The van der Waals surface area contributed by atoms with Gasteiger partial charge in [-0.25, -0.2) is 4.98 Å². The van der Waals surface area contributed by atoms with Gasteiger partial charge >= 0.3 is 0 Å². The fraction of sp³-hybridized carbons (Fsp3) is 0.200. The van der Waals surface area contributed by atoms with Gasteiger partial charge in [0.15, 0.2) is 0 Å². The molecule has 1 aromatic carbocycles. The van der Waals surface area contributed by atoms with Gasteiger partial charge in [-0.15, -0.1) is 6.42 Å². The van der Waals surface area contributed by atoms with E-state index in [-0.39, 0.29) is 12.1 Å². The van der Waals surface area contributed by atoms with E-state index in [1.807, 2.05) is 37.3 Å². The van der Waals surface area contributed by atoms with Gasteiger partial charge in [0.25, 0.3) is 5.56 Å². The predicted octanol–water partition coefficient (Wildman–Crippen LogP) is 2.16. The van der Waals surface area contributed by atoms with Crippen LogP contribution < -0.4 is 5.56 Å². The highest BCUT2D eigenvalue weighted by Gasteiger charge is 2.11. The fourth-order valence-corrected chi connectivity index (χ4v) is 1.80. The minimum Gasteiger partial charge on any atom is -0.281 e. The summed E-state index contributed by atoms with van der Waals surface area (Å²) in [5.41, 5.74) is 2.21. The van der Waals surface area contributed by atoms with Crippen molar-refractivity contribution in [2.24, 2.45) is 0 Å². The van der Waals surface area contributed by atoms with E-state index in [1.165, 1.54) is 4.57 Å². The van der Waals surface area contributed by atoms with E-state index in [4.69, 9.17) is 6.42 Å². The van der Waals surface area contributed by atoms with E-state index < -0.39 is 0 Å². The van der Waals surface area contributed by atoms with Crippen LogP contribution in [0.25, 0.3) is 11.4 Å². The molecule has 0 saturated carbocycles. The Labute approximate surface area is 106 Å². The minimum absolute atomic E-state index is 0.0701. The summed E-state index contributed by atoms with van der Waals surface area (Å²) in [5, 5.41) is 0. The second kappa shape index (κ2) is 4.89. The van der Waals surface area contributed by atoms with E-state index >= 15 is 0 Å². The number of hydrogen-bond donors (Lipinski definition) is 0. The number of nitrogens with zero attached hydrogens (tertiary/aromatic N) is 2. The molecule has 0 unspecified atom stereocenters. The molecule has 3 heteroatoms. The van der Waals surface area contributed by atoms with Gasteiger partial charge in [-0.05, 0) is 13.8 Å². The summed E-state index contributed by atoms with van der Waals surface area (Å²) in [6, 6.07) is 9.59. The van der Waals surface area contributed by atoms with Gasteiger partial charge in [-0.3, -0.25) is 9.36 Å². The van der Waals surface area contributed by atoms with Crippen LogP contribution in [0.15, 0.2) is 35.1 Å². The molecule has 0 amide bonds. The maximum absolute atomic E-state index is 12.2. The Morgan fingerprint density at radius 1 is 1.28 bits per heavy atom. The van der Waals surface area contributed by atoms with Gasteiger partial charge < -0.3 is 0 Å². The van der Waals surface area contributed by atoms with Crippen molar-refractivity contribution in [2.45, 2.75) is 20.4 Å². The monoisotopic (exact) mass is 238 g/mol. The Kier molecular flexibility index (Phi) is 3.29. The SMILES string of the molecule is C#CCn1c(-c2ccccc2)nc(C)c(C)c1=O. The standard InChI is InChI=1S/C15H14N2O/c1-4-10-17-14(13-8-6-5-7-9-13)16-12(3)11(2)15(17)18/h1,5-9H,10H2,2-3H3. The van der Waals surface area contributed by atoms with Crippen LogP contribution in [0.4, 0.5) is 0 Å². The lowest BCUT2D eigenvalue weighted by molar-refractivity contribution is 0.763. The third-order valence-electron chi connectivity index (χ3n) is 2.92. The summed E-state index contributed by atoms with van der Waals surface area (Å²) in [5.74, 6) is 3.13. The number of aromatic nitrogens is 2. The Balaban J connectivity index is 2.75. The van der Waals surface area contributed by atoms with Crippen LogP contribution >= 0.6 is 0 Å². The van der Waals surface area contributed by atoms with E-state index in [2.05, 4.69) is 10.9 Å². The molecule has 0 fully saturated rings. The summed E-state index contributed by atoms with van der Waals surface area (Å²) in [6.45, 7) is 3.84. The molecule has 0 spiro atoms. The molecule has 3 nitrogen and oxygen atoms in total. The fourth-order valence-electron chi connectivity index (χ4n) is 1.80. The molecule has 0 radical (unpaired) electrons. The molecule has 1 heterocycles. The smallest absolute Gasteiger partial charge is 0.257 e. The quantitative estimate of drug-likeness (QED) is 0.751. The average molecular weight is 238 g/mol. The predicted molar refractivity (Wildman–Crippen MR) is 72.2 cm³/mol. The van der Waals surface area contributed by atoms with Gasteiger partial charge in [-0.2, -0.15) is 0 Å². The lowest BCUT2D eigenvalue weighted by Gasteiger charge is -2.12. The van der Waals surface area contributed by atoms with Crippen molar-refractivity contribution in [3.63, 3.8) is 0 Å². The van der Waals surface area contributed by atoms with Crippen LogP contribution in [0.5, 0.6) is 0 Å². The van der Waals surface area contributed by atoms with Gasteiger partial charge in [0.1, 0.15) is 5.82 Å². The first-order valence-corrected chi connectivity index (χ1v) is 5.72. The van der Waals surface area contributed by atoms with Crippen molar-refractivity contribution in [3.05, 3.63) is 51.9 Å². The van der Waals surface area contributed by atoms with Gasteiger partial charge in [0.2, 0.25) is 0 Å². The van der Waals surface area contributed by atoms with Crippen molar-refractivity contribution >= 4 is 0 Å². The van der Waals surface area contributed by atoms with Gasteiger partial charge in [0.05, 0.1) is 6.54 Å². The van der Waals surface area contributed by atoms with Crippen molar-refractivity contribution in [1.82, 2.24) is 9.55 Å². The van der Waals surface area contributed by atoms with Crippen LogP contribution in [0, 0.1) is 26.2 Å². The third-order valence-corrected chi connectivity index (χ3v) is 2.92. The van der Waals surface area contributed by atoms with E-state index in [0.717, 1.165) is 11.3 Å². The first-order chi connectivity index (χ1) is 8.65. The number of hydrogen-bond acceptors (Lipinski definition) is 2. The molecular weight excluding hydrogens is 224 g/mol. The Morgan fingerprint density at radius 2 is 1.94 bits per heavy atom. The molecule has 18 heavy (non-hydrogen) atoms. The molecule has 0 atom stereocenters. The Bertz CT molecular complexity index is 663.